The molecule has 0 unspecified atom stereocenters. The molecule has 1 amide bonds. The maximum Gasteiger partial charge on any atom is 0.267 e. The van der Waals surface area contributed by atoms with Gasteiger partial charge in [0, 0.05) is 17.8 Å². The molecule has 0 radical (unpaired) electrons. The van der Waals surface area contributed by atoms with Gasteiger partial charge in [0.25, 0.3) is 5.91 Å². The first-order valence-corrected chi connectivity index (χ1v) is 7.91. The Hall–Kier alpha value is -2.48. The molecule has 2 aromatic carbocycles. The minimum atomic E-state index is -0.543. The van der Waals surface area contributed by atoms with Gasteiger partial charge >= 0.3 is 0 Å². The molecule has 0 fully saturated rings. The number of aryl methyl sites for hydroxylation is 1. The minimum absolute atomic E-state index is 0.0480. The molecule has 0 saturated carbocycles. The lowest BCUT2D eigenvalue weighted by Gasteiger charge is -2.07. The standard InChI is InChI=1S/C18H15Cl2N3O/c1-12-2-4-13(5-3-12)10-22-11-14(9-21)18(24)23-17-7-6-15(19)8-16(17)20/h2-8,11,22H,10H2,1H3,(H,23,24)/b14-11-. The van der Waals surface area contributed by atoms with Crippen LogP contribution >= 0.6 is 23.2 Å². The van der Waals surface area contributed by atoms with Gasteiger partial charge in [-0.2, -0.15) is 5.26 Å². The second kappa shape index (κ2) is 8.39. The second-order valence-electron chi connectivity index (χ2n) is 5.11. The van der Waals surface area contributed by atoms with Crippen LogP contribution in [0.25, 0.3) is 0 Å². The number of nitriles is 1. The van der Waals surface area contributed by atoms with Gasteiger partial charge in [0.05, 0.1) is 10.7 Å². The number of anilines is 1. The smallest absolute Gasteiger partial charge is 0.267 e. The number of carbonyl (C=O) groups is 1. The van der Waals surface area contributed by atoms with E-state index in [0.717, 1.165) is 5.56 Å². The summed E-state index contributed by atoms with van der Waals surface area (Å²) in [6.45, 7) is 2.53. The van der Waals surface area contributed by atoms with E-state index in [1.165, 1.54) is 17.8 Å². The van der Waals surface area contributed by atoms with E-state index < -0.39 is 5.91 Å². The SMILES string of the molecule is Cc1ccc(CN/C=C(/C#N)C(=O)Nc2ccc(Cl)cc2Cl)cc1. The van der Waals surface area contributed by atoms with Crippen molar-refractivity contribution in [3.63, 3.8) is 0 Å². The van der Waals surface area contributed by atoms with Crippen molar-refractivity contribution in [1.29, 1.82) is 5.26 Å². The Bertz CT molecular complexity index is 808. The molecule has 0 saturated heterocycles. The molecule has 0 spiro atoms. The van der Waals surface area contributed by atoms with Crippen LogP contribution in [0.4, 0.5) is 5.69 Å². The molecule has 0 aliphatic rings. The van der Waals surface area contributed by atoms with Gasteiger partial charge in [-0.05, 0) is 30.7 Å². The third-order valence-electron chi connectivity index (χ3n) is 3.22. The Morgan fingerprint density at radius 2 is 1.92 bits per heavy atom. The highest BCUT2D eigenvalue weighted by atomic mass is 35.5. The molecular formula is C18H15Cl2N3O. The molecule has 122 valence electrons. The highest BCUT2D eigenvalue weighted by Crippen LogP contribution is 2.25. The van der Waals surface area contributed by atoms with Crippen molar-refractivity contribution in [2.24, 2.45) is 0 Å². The van der Waals surface area contributed by atoms with E-state index in [4.69, 9.17) is 28.5 Å². The summed E-state index contributed by atoms with van der Waals surface area (Å²) in [7, 11) is 0. The number of nitrogens with zero attached hydrogens (tertiary/aromatic N) is 1. The fourth-order valence-electron chi connectivity index (χ4n) is 1.91. The first kappa shape index (κ1) is 17.9. The summed E-state index contributed by atoms with van der Waals surface area (Å²) in [5, 5.41) is 15.5. The van der Waals surface area contributed by atoms with Crippen LogP contribution in [0.5, 0.6) is 0 Å². The predicted molar refractivity (Wildman–Crippen MR) is 96.8 cm³/mol. The number of hydrogen-bond donors (Lipinski definition) is 2. The molecule has 6 heteroatoms. The summed E-state index contributed by atoms with van der Waals surface area (Å²) in [5.41, 5.74) is 2.57. The molecule has 0 bridgehead atoms. The Kier molecular flexibility index (Phi) is 6.25. The van der Waals surface area contributed by atoms with Crippen LogP contribution in [0.2, 0.25) is 10.0 Å². The number of nitrogens with one attached hydrogen (secondary N) is 2. The normalized spacial score (nSPS) is 10.8. The molecule has 0 heterocycles. The van der Waals surface area contributed by atoms with Gasteiger partial charge in [0.15, 0.2) is 0 Å². The van der Waals surface area contributed by atoms with Gasteiger partial charge in [0.2, 0.25) is 0 Å². The zero-order chi connectivity index (χ0) is 17.5. The van der Waals surface area contributed by atoms with Crippen LogP contribution in [-0.4, -0.2) is 5.91 Å². The van der Waals surface area contributed by atoms with Gasteiger partial charge in [0.1, 0.15) is 11.6 Å². The maximum atomic E-state index is 12.1. The van der Waals surface area contributed by atoms with E-state index in [2.05, 4.69) is 10.6 Å². The molecular weight excluding hydrogens is 345 g/mol. The number of benzene rings is 2. The number of rotatable bonds is 5. The van der Waals surface area contributed by atoms with Crippen molar-refractivity contribution in [2.75, 3.05) is 5.32 Å². The molecule has 0 aromatic heterocycles. The first-order chi connectivity index (χ1) is 11.5. The second-order valence-corrected chi connectivity index (χ2v) is 5.96. The van der Waals surface area contributed by atoms with Gasteiger partial charge in [-0.1, -0.05) is 53.0 Å². The molecule has 2 aromatic rings. The first-order valence-electron chi connectivity index (χ1n) is 7.15. The van der Waals surface area contributed by atoms with Gasteiger partial charge in [-0.25, -0.2) is 0 Å². The quantitative estimate of drug-likeness (QED) is 0.612. The highest BCUT2D eigenvalue weighted by Gasteiger charge is 2.11. The van der Waals surface area contributed by atoms with Crippen LogP contribution in [0.15, 0.2) is 54.2 Å². The molecule has 4 nitrogen and oxygen atoms in total. The number of carbonyl (C=O) groups excluding carboxylic acids is 1. The van der Waals surface area contributed by atoms with E-state index in [-0.39, 0.29) is 5.57 Å². The molecule has 2 N–H and O–H groups in total. The zero-order valence-electron chi connectivity index (χ0n) is 12.9. The summed E-state index contributed by atoms with van der Waals surface area (Å²) in [6.07, 6.45) is 1.39. The topological polar surface area (TPSA) is 64.9 Å². The molecule has 24 heavy (non-hydrogen) atoms. The highest BCUT2D eigenvalue weighted by molar-refractivity contribution is 6.36. The third-order valence-corrected chi connectivity index (χ3v) is 3.77. The Morgan fingerprint density at radius 3 is 2.54 bits per heavy atom. The van der Waals surface area contributed by atoms with E-state index in [9.17, 15) is 4.79 Å². The number of halogens is 2. The Balaban J connectivity index is 2.00. The summed E-state index contributed by atoms with van der Waals surface area (Å²) < 4.78 is 0. The van der Waals surface area contributed by atoms with E-state index in [1.807, 2.05) is 37.3 Å². The monoisotopic (exact) mass is 359 g/mol. The average molecular weight is 360 g/mol. The largest absolute Gasteiger partial charge is 0.386 e. The van der Waals surface area contributed by atoms with Crippen LogP contribution in [0.1, 0.15) is 11.1 Å². The minimum Gasteiger partial charge on any atom is -0.386 e. The van der Waals surface area contributed by atoms with Crippen molar-refractivity contribution in [3.05, 3.63) is 75.4 Å². The van der Waals surface area contributed by atoms with Crippen LogP contribution in [0.3, 0.4) is 0 Å². The predicted octanol–water partition coefficient (Wildman–Crippen LogP) is 4.44. The summed E-state index contributed by atoms with van der Waals surface area (Å²) in [5.74, 6) is -0.543. The van der Waals surface area contributed by atoms with Gasteiger partial charge < -0.3 is 10.6 Å². The van der Waals surface area contributed by atoms with Crippen molar-refractivity contribution >= 4 is 34.8 Å². The fourth-order valence-corrected chi connectivity index (χ4v) is 2.36. The number of hydrogen-bond acceptors (Lipinski definition) is 3. The van der Waals surface area contributed by atoms with Gasteiger partial charge in [-0.15, -0.1) is 0 Å². The van der Waals surface area contributed by atoms with Crippen molar-refractivity contribution in [1.82, 2.24) is 5.32 Å². The molecule has 0 atom stereocenters. The Morgan fingerprint density at radius 1 is 1.21 bits per heavy atom. The molecule has 2 rings (SSSR count). The van der Waals surface area contributed by atoms with E-state index in [1.54, 1.807) is 12.1 Å². The van der Waals surface area contributed by atoms with E-state index in [0.29, 0.717) is 22.3 Å². The maximum absolute atomic E-state index is 12.1. The van der Waals surface area contributed by atoms with Crippen molar-refractivity contribution < 1.29 is 4.79 Å². The lowest BCUT2D eigenvalue weighted by molar-refractivity contribution is -0.112. The van der Waals surface area contributed by atoms with Crippen LogP contribution in [0, 0.1) is 18.3 Å². The number of amides is 1. The fraction of sp³-hybridized carbons (Fsp3) is 0.111. The van der Waals surface area contributed by atoms with Crippen LogP contribution in [-0.2, 0) is 11.3 Å². The van der Waals surface area contributed by atoms with E-state index >= 15 is 0 Å². The third kappa shape index (κ3) is 5.02. The van der Waals surface area contributed by atoms with Crippen LogP contribution < -0.4 is 10.6 Å². The average Bonchev–Trinajstić information content (AvgIpc) is 2.56. The lowest BCUT2D eigenvalue weighted by atomic mass is 10.1. The summed E-state index contributed by atoms with van der Waals surface area (Å²) >= 11 is 11.8. The summed E-state index contributed by atoms with van der Waals surface area (Å²) in [6, 6.07) is 14.5. The summed E-state index contributed by atoms with van der Waals surface area (Å²) in [4.78, 5) is 12.1. The van der Waals surface area contributed by atoms with Crippen molar-refractivity contribution in [3.8, 4) is 6.07 Å². The Labute approximate surface area is 150 Å². The molecule has 0 aliphatic heterocycles. The molecule has 0 aliphatic carbocycles. The lowest BCUT2D eigenvalue weighted by Crippen LogP contribution is -2.16. The van der Waals surface area contributed by atoms with Gasteiger partial charge in [-0.3, -0.25) is 4.79 Å². The van der Waals surface area contributed by atoms with Crippen molar-refractivity contribution in [2.45, 2.75) is 13.5 Å². The zero-order valence-corrected chi connectivity index (χ0v) is 14.4.